The van der Waals surface area contributed by atoms with Gasteiger partial charge in [0, 0.05) is 26.7 Å². The Morgan fingerprint density at radius 3 is 2.79 bits per heavy atom. The number of hydrogen-bond acceptors (Lipinski definition) is 3. The van der Waals surface area contributed by atoms with Crippen LogP contribution in [0.1, 0.15) is 20.3 Å². The van der Waals surface area contributed by atoms with Gasteiger partial charge in [0.1, 0.15) is 0 Å². The van der Waals surface area contributed by atoms with Crippen LogP contribution in [0.5, 0.6) is 0 Å². The fourth-order valence-electron chi connectivity index (χ4n) is 1.88. The van der Waals surface area contributed by atoms with E-state index in [9.17, 15) is 9.90 Å². The molecule has 0 bridgehead atoms. The fraction of sp³-hybridized carbons (Fsp3) is 0.900. The molecule has 0 aromatic carbocycles. The van der Waals surface area contributed by atoms with Crippen LogP contribution in [-0.4, -0.2) is 59.6 Å². The molecule has 4 nitrogen and oxygen atoms in total. The number of likely N-dealkylation sites (N-methyl/N-ethyl adjacent to an activating group) is 1. The molecule has 1 amide bonds. The monoisotopic (exact) mass is 200 g/mol. The maximum atomic E-state index is 11.7. The highest BCUT2D eigenvalue weighted by Crippen LogP contribution is 2.10. The summed E-state index contributed by atoms with van der Waals surface area (Å²) in [7, 11) is 1.84. The van der Waals surface area contributed by atoms with Crippen molar-refractivity contribution in [1.29, 1.82) is 0 Å². The number of hydrogen-bond donors (Lipinski definition) is 1. The van der Waals surface area contributed by atoms with E-state index in [-0.39, 0.29) is 18.1 Å². The molecule has 1 saturated heterocycles. The summed E-state index contributed by atoms with van der Waals surface area (Å²) >= 11 is 0. The first kappa shape index (κ1) is 11.5. The minimum Gasteiger partial charge on any atom is -0.392 e. The van der Waals surface area contributed by atoms with E-state index in [0.717, 1.165) is 19.5 Å². The lowest BCUT2D eigenvalue weighted by atomic mass is 10.2. The van der Waals surface area contributed by atoms with Crippen LogP contribution in [0.25, 0.3) is 0 Å². The van der Waals surface area contributed by atoms with Crippen molar-refractivity contribution in [2.24, 2.45) is 0 Å². The number of rotatable bonds is 2. The summed E-state index contributed by atoms with van der Waals surface area (Å²) in [6.07, 6.45) is 0.618. The smallest absolute Gasteiger partial charge is 0.239 e. The standard InChI is InChI=1S/C10H20N2O2/c1-8(13)7-12-6-4-5-11(3)10(14)9(12)2/h8-9,13H,4-7H2,1-3H3. The first-order valence-electron chi connectivity index (χ1n) is 5.19. The zero-order valence-electron chi connectivity index (χ0n) is 9.23. The summed E-state index contributed by atoms with van der Waals surface area (Å²) in [5, 5.41) is 9.30. The third-order valence-electron chi connectivity index (χ3n) is 2.72. The van der Waals surface area contributed by atoms with Gasteiger partial charge in [0.05, 0.1) is 12.1 Å². The number of carbonyl (C=O) groups is 1. The van der Waals surface area contributed by atoms with Gasteiger partial charge in [-0.05, 0) is 20.3 Å². The lowest BCUT2D eigenvalue weighted by Gasteiger charge is -2.27. The molecule has 0 aliphatic carbocycles. The van der Waals surface area contributed by atoms with Crippen molar-refractivity contribution in [1.82, 2.24) is 9.80 Å². The van der Waals surface area contributed by atoms with Crippen LogP contribution in [0, 0.1) is 0 Å². The van der Waals surface area contributed by atoms with Gasteiger partial charge in [0.2, 0.25) is 5.91 Å². The summed E-state index contributed by atoms with van der Waals surface area (Å²) in [4.78, 5) is 15.6. The zero-order valence-corrected chi connectivity index (χ0v) is 9.23. The number of aliphatic hydroxyl groups excluding tert-OH is 1. The number of carbonyl (C=O) groups excluding carboxylic acids is 1. The molecule has 2 atom stereocenters. The number of β-amino-alcohol motifs (C(OH)–C–C–N with tert-alkyl or cyclic N) is 1. The Balaban J connectivity index is 2.62. The second-order valence-corrected chi connectivity index (χ2v) is 4.13. The van der Waals surface area contributed by atoms with E-state index in [0.29, 0.717) is 6.54 Å². The van der Waals surface area contributed by atoms with Crippen molar-refractivity contribution >= 4 is 5.91 Å². The molecule has 0 radical (unpaired) electrons. The Morgan fingerprint density at radius 1 is 1.57 bits per heavy atom. The van der Waals surface area contributed by atoms with Crippen LogP contribution < -0.4 is 0 Å². The van der Waals surface area contributed by atoms with Gasteiger partial charge in [-0.25, -0.2) is 0 Å². The molecule has 0 saturated carbocycles. The first-order valence-corrected chi connectivity index (χ1v) is 5.19. The molecule has 1 aliphatic heterocycles. The Kier molecular flexibility index (Phi) is 3.89. The van der Waals surface area contributed by atoms with E-state index in [2.05, 4.69) is 4.90 Å². The summed E-state index contributed by atoms with van der Waals surface area (Å²) in [6, 6.07) is -0.0999. The highest BCUT2D eigenvalue weighted by Gasteiger charge is 2.27. The molecule has 0 aromatic rings. The second-order valence-electron chi connectivity index (χ2n) is 4.13. The minimum absolute atomic E-state index is 0.0999. The maximum Gasteiger partial charge on any atom is 0.239 e. The molecule has 1 aliphatic rings. The van der Waals surface area contributed by atoms with Gasteiger partial charge in [0.15, 0.2) is 0 Å². The Hall–Kier alpha value is -0.610. The van der Waals surface area contributed by atoms with Crippen molar-refractivity contribution in [2.75, 3.05) is 26.7 Å². The van der Waals surface area contributed by atoms with E-state index in [4.69, 9.17) is 0 Å². The number of amides is 1. The van der Waals surface area contributed by atoms with Crippen molar-refractivity contribution in [2.45, 2.75) is 32.4 Å². The summed E-state index contributed by atoms with van der Waals surface area (Å²) < 4.78 is 0. The number of nitrogens with zero attached hydrogens (tertiary/aromatic N) is 2. The van der Waals surface area contributed by atoms with Gasteiger partial charge < -0.3 is 10.0 Å². The Bertz CT molecular complexity index is 206. The lowest BCUT2D eigenvalue weighted by Crippen LogP contribution is -2.45. The molecule has 14 heavy (non-hydrogen) atoms. The van der Waals surface area contributed by atoms with Crippen LogP contribution in [0.2, 0.25) is 0 Å². The van der Waals surface area contributed by atoms with E-state index < -0.39 is 0 Å². The highest BCUT2D eigenvalue weighted by molar-refractivity contribution is 5.81. The molecule has 0 aromatic heterocycles. The molecule has 0 spiro atoms. The maximum absolute atomic E-state index is 11.7. The third kappa shape index (κ3) is 2.69. The lowest BCUT2D eigenvalue weighted by molar-refractivity contribution is -0.133. The van der Waals surface area contributed by atoms with E-state index >= 15 is 0 Å². The van der Waals surface area contributed by atoms with Crippen LogP contribution in [0.3, 0.4) is 0 Å². The topological polar surface area (TPSA) is 43.8 Å². The Morgan fingerprint density at radius 2 is 2.21 bits per heavy atom. The SMILES string of the molecule is CC(O)CN1CCCN(C)C(=O)C1C. The molecule has 82 valence electrons. The second kappa shape index (κ2) is 4.75. The Labute approximate surface area is 85.5 Å². The molecule has 1 rings (SSSR count). The molecule has 4 heteroatoms. The van der Waals surface area contributed by atoms with Gasteiger partial charge in [-0.3, -0.25) is 9.69 Å². The fourth-order valence-corrected chi connectivity index (χ4v) is 1.88. The normalized spacial score (nSPS) is 27.6. The van der Waals surface area contributed by atoms with Crippen molar-refractivity contribution in [3.8, 4) is 0 Å². The summed E-state index contributed by atoms with van der Waals surface area (Å²) in [6.45, 7) is 5.96. The average Bonchev–Trinajstić information content (AvgIpc) is 2.21. The predicted molar refractivity (Wildman–Crippen MR) is 55.0 cm³/mol. The molecule has 1 heterocycles. The summed E-state index contributed by atoms with van der Waals surface area (Å²) in [5.41, 5.74) is 0. The third-order valence-corrected chi connectivity index (χ3v) is 2.72. The van der Waals surface area contributed by atoms with Crippen molar-refractivity contribution in [3.63, 3.8) is 0 Å². The highest BCUT2D eigenvalue weighted by atomic mass is 16.3. The van der Waals surface area contributed by atoms with Crippen LogP contribution >= 0.6 is 0 Å². The van der Waals surface area contributed by atoms with Crippen LogP contribution in [0.4, 0.5) is 0 Å². The molecule has 2 unspecified atom stereocenters. The molecule has 1 N–H and O–H groups in total. The number of aliphatic hydroxyl groups is 1. The zero-order chi connectivity index (χ0) is 10.7. The van der Waals surface area contributed by atoms with Crippen LogP contribution in [0.15, 0.2) is 0 Å². The summed E-state index contributed by atoms with van der Waals surface area (Å²) in [5.74, 6) is 0.156. The van der Waals surface area contributed by atoms with Gasteiger partial charge in [-0.1, -0.05) is 0 Å². The van der Waals surface area contributed by atoms with Gasteiger partial charge in [-0.15, -0.1) is 0 Å². The van der Waals surface area contributed by atoms with Gasteiger partial charge >= 0.3 is 0 Å². The average molecular weight is 200 g/mol. The van der Waals surface area contributed by atoms with Gasteiger partial charge in [0.25, 0.3) is 0 Å². The van der Waals surface area contributed by atoms with Crippen molar-refractivity contribution in [3.05, 3.63) is 0 Å². The van der Waals surface area contributed by atoms with Crippen molar-refractivity contribution < 1.29 is 9.90 Å². The first-order chi connectivity index (χ1) is 6.52. The van der Waals surface area contributed by atoms with E-state index in [1.165, 1.54) is 0 Å². The molecule has 1 fully saturated rings. The van der Waals surface area contributed by atoms with Crippen LogP contribution in [-0.2, 0) is 4.79 Å². The largest absolute Gasteiger partial charge is 0.392 e. The quantitative estimate of drug-likeness (QED) is 0.678. The van der Waals surface area contributed by atoms with E-state index in [1.54, 1.807) is 11.8 Å². The van der Waals surface area contributed by atoms with E-state index in [1.807, 2.05) is 14.0 Å². The molecular formula is C10H20N2O2. The minimum atomic E-state index is -0.367. The molecular weight excluding hydrogens is 180 g/mol. The predicted octanol–water partition coefficient (Wildman–Crippen LogP) is -0.0802. The van der Waals surface area contributed by atoms with Gasteiger partial charge in [-0.2, -0.15) is 0 Å².